The standard InChI is InChI=1S/C16H23NO3/c1-2-3-10-20-14-6-4-13(5-7-14)15(19)17-11-16(12-18)8-9-16/h4-7,18H,2-3,8-12H2,1H3,(H,17,19). The third-order valence-corrected chi connectivity index (χ3v) is 3.80. The molecule has 1 aromatic carbocycles. The molecule has 1 aliphatic rings. The second kappa shape index (κ2) is 6.75. The average molecular weight is 277 g/mol. The Bertz CT molecular complexity index is 438. The van der Waals surface area contributed by atoms with Gasteiger partial charge in [-0.3, -0.25) is 4.79 Å². The van der Waals surface area contributed by atoms with E-state index < -0.39 is 0 Å². The summed E-state index contributed by atoms with van der Waals surface area (Å²) in [5, 5.41) is 12.1. The Morgan fingerprint density at radius 3 is 2.60 bits per heavy atom. The van der Waals surface area contributed by atoms with Crippen molar-refractivity contribution in [3.8, 4) is 5.75 Å². The van der Waals surface area contributed by atoms with Crippen molar-refractivity contribution >= 4 is 5.91 Å². The lowest BCUT2D eigenvalue weighted by molar-refractivity contribution is 0.0935. The molecule has 4 heteroatoms. The van der Waals surface area contributed by atoms with Gasteiger partial charge in [-0.15, -0.1) is 0 Å². The monoisotopic (exact) mass is 277 g/mol. The van der Waals surface area contributed by atoms with Crippen LogP contribution < -0.4 is 10.1 Å². The minimum absolute atomic E-state index is 0.0567. The Labute approximate surface area is 120 Å². The largest absolute Gasteiger partial charge is 0.494 e. The maximum Gasteiger partial charge on any atom is 0.251 e. The Kier molecular flexibility index (Phi) is 5.01. The van der Waals surface area contributed by atoms with Crippen LogP contribution in [-0.4, -0.2) is 30.8 Å². The third-order valence-electron chi connectivity index (χ3n) is 3.80. The molecule has 1 saturated carbocycles. The second-order valence-electron chi connectivity index (χ2n) is 5.57. The maximum atomic E-state index is 12.0. The Morgan fingerprint density at radius 1 is 1.35 bits per heavy atom. The van der Waals surface area contributed by atoms with E-state index in [1.54, 1.807) is 12.1 Å². The van der Waals surface area contributed by atoms with E-state index in [9.17, 15) is 9.90 Å². The number of amides is 1. The van der Waals surface area contributed by atoms with Gasteiger partial charge in [0.05, 0.1) is 13.2 Å². The first-order valence-electron chi connectivity index (χ1n) is 7.31. The number of nitrogens with one attached hydrogen (secondary N) is 1. The highest BCUT2D eigenvalue weighted by Gasteiger charge is 2.42. The molecule has 0 unspecified atom stereocenters. The molecule has 110 valence electrons. The summed E-state index contributed by atoms with van der Waals surface area (Å²) in [6, 6.07) is 7.19. The number of ether oxygens (including phenoxy) is 1. The summed E-state index contributed by atoms with van der Waals surface area (Å²) in [5.74, 6) is 0.703. The van der Waals surface area contributed by atoms with Gasteiger partial charge in [-0.05, 0) is 43.5 Å². The van der Waals surface area contributed by atoms with E-state index in [4.69, 9.17) is 4.74 Å². The summed E-state index contributed by atoms with van der Waals surface area (Å²) in [5.41, 5.74) is 0.570. The number of aliphatic hydroxyl groups excluding tert-OH is 1. The highest BCUT2D eigenvalue weighted by atomic mass is 16.5. The molecule has 0 atom stereocenters. The zero-order valence-electron chi connectivity index (χ0n) is 12.0. The lowest BCUT2D eigenvalue weighted by Gasteiger charge is -2.13. The van der Waals surface area contributed by atoms with E-state index in [0.29, 0.717) is 18.7 Å². The fourth-order valence-electron chi connectivity index (χ4n) is 1.97. The molecule has 0 bridgehead atoms. The highest BCUT2D eigenvalue weighted by Crippen LogP contribution is 2.44. The molecule has 2 rings (SSSR count). The predicted octanol–water partition coefficient (Wildman–Crippen LogP) is 2.37. The molecule has 1 fully saturated rings. The normalized spacial score (nSPS) is 15.7. The molecule has 2 N–H and O–H groups in total. The highest BCUT2D eigenvalue weighted by molar-refractivity contribution is 5.94. The Hall–Kier alpha value is -1.55. The molecular weight excluding hydrogens is 254 g/mol. The average Bonchev–Trinajstić information content (AvgIpc) is 3.26. The SMILES string of the molecule is CCCCOc1ccc(C(=O)NCC2(CO)CC2)cc1. The first-order chi connectivity index (χ1) is 9.69. The minimum Gasteiger partial charge on any atom is -0.494 e. The van der Waals surface area contributed by atoms with Crippen LogP contribution in [-0.2, 0) is 0 Å². The lowest BCUT2D eigenvalue weighted by atomic mass is 10.1. The molecule has 0 saturated heterocycles. The number of hydrogen-bond acceptors (Lipinski definition) is 3. The number of hydrogen-bond donors (Lipinski definition) is 2. The lowest BCUT2D eigenvalue weighted by Crippen LogP contribution is -2.31. The van der Waals surface area contributed by atoms with Crippen LogP contribution in [0.25, 0.3) is 0 Å². The molecule has 20 heavy (non-hydrogen) atoms. The Balaban J connectivity index is 1.81. The van der Waals surface area contributed by atoms with Gasteiger partial charge in [0.1, 0.15) is 5.75 Å². The van der Waals surface area contributed by atoms with Gasteiger partial charge in [0.15, 0.2) is 0 Å². The predicted molar refractivity (Wildman–Crippen MR) is 77.9 cm³/mol. The number of aliphatic hydroxyl groups is 1. The summed E-state index contributed by atoms with van der Waals surface area (Å²) >= 11 is 0. The maximum absolute atomic E-state index is 12.0. The quantitative estimate of drug-likeness (QED) is 0.717. The smallest absolute Gasteiger partial charge is 0.251 e. The molecule has 1 aliphatic carbocycles. The number of carbonyl (C=O) groups is 1. The molecule has 0 aromatic heterocycles. The van der Waals surface area contributed by atoms with Crippen molar-refractivity contribution in [2.45, 2.75) is 32.6 Å². The molecule has 1 amide bonds. The Morgan fingerprint density at radius 2 is 2.05 bits per heavy atom. The third kappa shape index (κ3) is 3.97. The van der Waals surface area contributed by atoms with Gasteiger partial charge in [-0.2, -0.15) is 0 Å². The van der Waals surface area contributed by atoms with Gasteiger partial charge in [0, 0.05) is 17.5 Å². The summed E-state index contributed by atoms with van der Waals surface area (Å²) in [7, 11) is 0. The van der Waals surface area contributed by atoms with Crippen LogP contribution in [0.3, 0.4) is 0 Å². The zero-order chi connectivity index (χ0) is 14.4. The second-order valence-corrected chi connectivity index (χ2v) is 5.57. The number of carbonyl (C=O) groups excluding carboxylic acids is 1. The first-order valence-corrected chi connectivity index (χ1v) is 7.31. The molecular formula is C16H23NO3. The van der Waals surface area contributed by atoms with Crippen LogP contribution in [0.1, 0.15) is 43.0 Å². The van der Waals surface area contributed by atoms with Crippen LogP contribution in [0.2, 0.25) is 0 Å². The van der Waals surface area contributed by atoms with E-state index in [1.807, 2.05) is 12.1 Å². The van der Waals surface area contributed by atoms with Gasteiger partial charge in [-0.1, -0.05) is 13.3 Å². The van der Waals surface area contributed by atoms with Crippen molar-refractivity contribution in [3.63, 3.8) is 0 Å². The molecule has 0 radical (unpaired) electrons. The van der Waals surface area contributed by atoms with Crippen LogP contribution in [0, 0.1) is 5.41 Å². The van der Waals surface area contributed by atoms with Crippen LogP contribution in [0.4, 0.5) is 0 Å². The van der Waals surface area contributed by atoms with Gasteiger partial charge in [0.25, 0.3) is 5.91 Å². The summed E-state index contributed by atoms with van der Waals surface area (Å²) < 4.78 is 5.56. The van der Waals surface area contributed by atoms with Gasteiger partial charge >= 0.3 is 0 Å². The van der Waals surface area contributed by atoms with Crippen LogP contribution in [0.5, 0.6) is 5.75 Å². The van der Waals surface area contributed by atoms with E-state index in [2.05, 4.69) is 12.2 Å². The summed E-state index contributed by atoms with van der Waals surface area (Å²) in [4.78, 5) is 12.0. The summed E-state index contributed by atoms with van der Waals surface area (Å²) in [6.45, 7) is 3.53. The number of unbranched alkanes of at least 4 members (excludes halogenated alkanes) is 1. The molecule has 0 heterocycles. The van der Waals surface area contributed by atoms with Crippen LogP contribution >= 0.6 is 0 Å². The summed E-state index contributed by atoms with van der Waals surface area (Å²) in [6.07, 6.45) is 4.13. The van der Waals surface area contributed by atoms with Crippen molar-refractivity contribution in [3.05, 3.63) is 29.8 Å². The van der Waals surface area contributed by atoms with E-state index in [-0.39, 0.29) is 17.9 Å². The topological polar surface area (TPSA) is 58.6 Å². The van der Waals surface area contributed by atoms with E-state index in [0.717, 1.165) is 31.4 Å². The van der Waals surface area contributed by atoms with Crippen molar-refractivity contribution < 1.29 is 14.6 Å². The van der Waals surface area contributed by atoms with E-state index in [1.165, 1.54) is 0 Å². The molecule has 0 spiro atoms. The van der Waals surface area contributed by atoms with Crippen molar-refractivity contribution in [1.29, 1.82) is 0 Å². The van der Waals surface area contributed by atoms with Gasteiger partial charge in [-0.25, -0.2) is 0 Å². The number of rotatable bonds is 8. The molecule has 1 aromatic rings. The van der Waals surface area contributed by atoms with E-state index >= 15 is 0 Å². The van der Waals surface area contributed by atoms with Gasteiger partial charge < -0.3 is 15.2 Å². The number of benzene rings is 1. The van der Waals surface area contributed by atoms with Crippen molar-refractivity contribution in [2.24, 2.45) is 5.41 Å². The van der Waals surface area contributed by atoms with Gasteiger partial charge in [0.2, 0.25) is 0 Å². The molecule has 4 nitrogen and oxygen atoms in total. The first kappa shape index (κ1) is 14.9. The molecule has 0 aliphatic heterocycles. The fraction of sp³-hybridized carbons (Fsp3) is 0.562. The fourth-order valence-corrected chi connectivity index (χ4v) is 1.97. The van der Waals surface area contributed by atoms with Crippen molar-refractivity contribution in [1.82, 2.24) is 5.32 Å². The minimum atomic E-state index is -0.0927. The zero-order valence-corrected chi connectivity index (χ0v) is 12.0. The van der Waals surface area contributed by atoms with Crippen LogP contribution in [0.15, 0.2) is 24.3 Å². The van der Waals surface area contributed by atoms with Crippen molar-refractivity contribution in [2.75, 3.05) is 19.8 Å².